The number of imide groups is 1. The standard InChI is InChI=1S/C15H10N4O6/c20-13-15(17-14(21)16-13,9-1-5-11(6-2-9)18(22)23)10-3-7-12(8-4-10)19(24)25/h1-8H,(H2,16,17,20,21). The Balaban J connectivity index is 2.14. The monoisotopic (exact) mass is 342 g/mol. The van der Waals surface area contributed by atoms with Crippen molar-refractivity contribution >= 4 is 23.3 Å². The lowest BCUT2D eigenvalue weighted by atomic mass is 9.82. The van der Waals surface area contributed by atoms with E-state index in [9.17, 15) is 29.8 Å². The molecule has 126 valence electrons. The zero-order chi connectivity index (χ0) is 18.2. The number of rotatable bonds is 4. The first-order chi connectivity index (χ1) is 11.8. The molecule has 25 heavy (non-hydrogen) atoms. The Bertz CT molecular complexity index is 834. The maximum atomic E-state index is 12.5. The number of nitrogens with one attached hydrogen (secondary N) is 2. The van der Waals surface area contributed by atoms with Gasteiger partial charge in [-0.1, -0.05) is 0 Å². The number of nitro benzene ring substituents is 2. The van der Waals surface area contributed by atoms with Crippen LogP contribution < -0.4 is 10.6 Å². The molecular formula is C15H10N4O6. The van der Waals surface area contributed by atoms with Crippen LogP contribution in [0.15, 0.2) is 48.5 Å². The normalized spacial score (nSPS) is 15.4. The molecule has 1 fully saturated rings. The summed E-state index contributed by atoms with van der Waals surface area (Å²) in [6.45, 7) is 0. The Morgan fingerprint density at radius 2 is 1.16 bits per heavy atom. The van der Waals surface area contributed by atoms with Gasteiger partial charge >= 0.3 is 6.03 Å². The van der Waals surface area contributed by atoms with E-state index in [4.69, 9.17) is 0 Å². The third-order valence-electron chi connectivity index (χ3n) is 3.89. The quantitative estimate of drug-likeness (QED) is 0.490. The minimum Gasteiger partial charge on any atom is -0.316 e. The topological polar surface area (TPSA) is 144 Å². The van der Waals surface area contributed by atoms with Gasteiger partial charge in [0.2, 0.25) is 0 Å². The molecule has 0 saturated carbocycles. The van der Waals surface area contributed by atoms with Crippen molar-refractivity contribution in [3.8, 4) is 0 Å². The lowest BCUT2D eigenvalue weighted by Crippen LogP contribution is -2.44. The average Bonchev–Trinajstić information content (AvgIpc) is 2.90. The summed E-state index contributed by atoms with van der Waals surface area (Å²) in [6, 6.07) is 9.51. The van der Waals surface area contributed by atoms with Crippen molar-refractivity contribution in [2.24, 2.45) is 0 Å². The molecule has 1 saturated heterocycles. The second-order valence-electron chi connectivity index (χ2n) is 5.27. The lowest BCUT2D eigenvalue weighted by Gasteiger charge is -2.27. The molecule has 2 N–H and O–H groups in total. The number of hydrogen-bond acceptors (Lipinski definition) is 6. The SMILES string of the molecule is O=C1NC(=O)C(c2ccc([N+](=O)[O-])cc2)(c2ccc([N+](=O)[O-])cc2)N1. The largest absolute Gasteiger partial charge is 0.322 e. The molecule has 10 nitrogen and oxygen atoms in total. The highest BCUT2D eigenvalue weighted by Gasteiger charge is 2.49. The van der Waals surface area contributed by atoms with Crippen LogP contribution >= 0.6 is 0 Å². The maximum absolute atomic E-state index is 12.5. The van der Waals surface area contributed by atoms with Crippen LogP contribution in [0.4, 0.5) is 16.2 Å². The molecule has 0 aromatic heterocycles. The smallest absolute Gasteiger partial charge is 0.316 e. The van der Waals surface area contributed by atoms with Gasteiger partial charge in [-0.05, 0) is 35.4 Å². The number of carbonyl (C=O) groups excluding carboxylic acids is 2. The Morgan fingerprint density at radius 1 is 0.760 bits per heavy atom. The number of non-ortho nitro benzene ring substituents is 2. The molecule has 0 bridgehead atoms. The predicted molar refractivity (Wildman–Crippen MR) is 83.6 cm³/mol. The minimum absolute atomic E-state index is 0.174. The molecule has 2 aromatic rings. The van der Waals surface area contributed by atoms with E-state index in [0.717, 1.165) is 0 Å². The predicted octanol–water partition coefficient (Wildman–Crippen LogP) is 1.59. The molecule has 0 atom stereocenters. The Labute approximate surface area is 139 Å². The fourth-order valence-corrected chi connectivity index (χ4v) is 2.69. The van der Waals surface area contributed by atoms with E-state index in [2.05, 4.69) is 10.6 Å². The van der Waals surface area contributed by atoms with Crippen LogP contribution in [0.3, 0.4) is 0 Å². The number of nitro groups is 2. The van der Waals surface area contributed by atoms with E-state index in [-0.39, 0.29) is 22.5 Å². The van der Waals surface area contributed by atoms with Crippen LogP contribution in [0, 0.1) is 20.2 Å². The highest BCUT2D eigenvalue weighted by Crippen LogP contribution is 2.34. The fourth-order valence-electron chi connectivity index (χ4n) is 2.69. The van der Waals surface area contributed by atoms with Crippen LogP contribution in [0.5, 0.6) is 0 Å². The molecule has 0 radical (unpaired) electrons. The van der Waals surface area contributed by atoms with E-state index in [1.165, 1.54) is 48.5 Å². The number of benzene rings is 2. The van der Waals surface area contributed by atoms with Gasteiger partial charge in [0.15, 0.2) is 5.54 Å². The number of urea groups is 1. The first-order valence-corrected chi connectivity index (χ1v) is 6.98. The van der Waals surface area contributed by atoms with E-state index in [0.29, 0.717) is 0 Å². The summed E-state index contributed by atoms with van der Waals surface area (Å²) < 4.78 is 0. The van der Waals surface area contributed by atoms with Crippen LogP contribution in [0.1, 0.15) is 11.1 Å². The summed E-state index contributed by atoms with van der Waals surface area (Å²) >= 11 is 0. The van der Waals surface area contributed by atoms with Crippen LogP contribution in [-0.2, 0) is 10.3 Å². The average molecular weight is 342 g/mol. The molecule has 3 amide bonds. The van der Waals surface area contributed by atoms with Gasteiger partial charge in [-0.15, -0.1) is 0 Å². The van der Waals surface area contributed by atoms with Crippen molar-refractivity contribution in [1.29, 1.82) is 0 Å². The molecule has 10 heteroatoms. The van der Waals surface area contributed by atoms with Gasteiger partial charge in [0, 0.05) is 24.3 Å². The van der Waals surface area contributed by atoms with E-state index >= 15 is 0 Å². The molecule has 3 rings (SSSR count). The fraction of sp³-hybridized carbons (Fsp3) is 0.0667. The van der Waals surface area contributed by atoms with Gasteiger partial charge in [0.05, 0.1) is 9.85 Å². The van der Waals surface area contributed by atoms with Crippen molar-refractivity contribution < 1.29 is 19.4 Å². The summed E-state index contributed by atoms with van der Waals surface area (Å²) in [6.07, 6.45) is 0. The number of nitrogens with zero attached hydrogens (tertiary/aromatic N) is 2. The zero-order valence-electron chi connectivity index (χ0n) is 12.5. The van der Waals surface area contributed by atoms with E-state index in [1.54, 1.807) is 0 Å². The minimum atomic E-state index is -1.62. The summed E-state index contributed by atoms with van der Waals surface area (Å²) in [4.78, 5) is 44.6. The van der Waals surface area contributed by atoms with Crippen molar-refractivity contribution in [3.05, 3.63) is 79.9 Å². The number of amides is 3. The Kier molecular flexibility index (Phi) is 3.64. The summed E-state index contributed by atoms with van der Waals surface area (Å²) in [5.74, 6) is -0.680. The second kappa shape index (κ2) is 5.67. The van der Waals surface area contributed by atoms with Crippen molar-refractivity contribution in [3.63, 3.8) is 0 Å². The van der Waals surface area contributed by atoms with E-state index in [1.807, 2.05) is 0 Å². The summed E-state index contributed by atoms with van der Waals surface area (Å²) in [5, 5.41) is 26.2. The van der Waals surface area contributed by atoms with Crippen LogP contribution in [0.2, 0.25) is 0 Å². The molecule has 1 aliphatic rings. The molecule has 1 heterocycles. The summed E-state index contributed by atoms with van der Waals surface area (Å²) in [7, 11) is 0. The summed E-state index contributed by atoms with van der Waals surface area (Å²) in [5.41, 5.74) is -1.40. The third kappa shape index (κ3) is 2.55. The highest BCUT2D eigenvalue weighted by molar-refractivity contribution is 6.09. The van der Waals surface area contributed by atoms with Crippen molar-refractivity contribution in [2.75, 3.05) is 0 Å². The number of hydrogen-bond donors (Lipinski definition) is 2. The molecule has 1 aliphatic heterocycles. The van der Waals surface area contributed by atoms with Gasteiger partial charge < -0.3 is 5.32 Å². The molecule has 0 aliphatic carbocycles. The Morgan fingerprint density at radius 3 is 1.44 bits per heavy atom. The number of carbonyl (C=O) groups is 2. The Hall–Kier alpha value is -3.82. The first-order valence-electron chi connectivity index (χ1n) is 6.98. The van der Waals surface area contributed by atoms with Crippen molar-refractivity contribution in [1.82, 2.24) is 10.6 Å². The van der Waals surface area contributed by atoms with Crippen LogP contribution in [-0.4, -0.2) is 21.8 Å². The third-order valence-corrected chi connectivity index (χ3v) is 3.89. The molecule has 2 aromatic carbocycles. The molecular weight excluding hydrogens is 332 g/mol. The van der Waals surface area contributed by atoms with Gasteiger partial charge in [0.25, 0.3) is 17.3 Å². The second-order valence-corrected chi connectivity index (χ2v) is 5.27. The molecule has 0 unspecified atom stereocenters. The van der Waals surface area contributed by atoms with Crippen LogP contribution in [0.25, 0.3) is 0 Å². The zero-order valence-corrected chi connectivity index (χ0v) is 12.5. The maximum Gasteiger partial charge on any atom is 0.322 e. The first kappa shape index (κ1) is 16.1. The van der Waals surface area contributed by atoms with Gasteiger partial charge in [-0.2, -0.15) is 0 Å². The highest BCUT2D eigenvalue weighted by atomic mass is 16.6. The van der Waals surface area contributed by atoms with Crippen molar-refractivity contribution in [2.45, 2.75) is 5.54 Å². The van der Waals surface area contributed by atoms with Gasteiger partial charge in [0.1, 0.15) is 0 Å². The molecule has 0 spiro atoms. The van der Waals surface area contributed by atoms with E-state index < -0.39 is 27.3 Å². The van der Waals surface area contributed by atoms with Gasteiger partial charge in [-0.25, -0.2) is 4.79 Å². The lowest BCUT2D eigenvalue weighted by molar-refractivity contribution is -0.385. The van der Waals surface area contributed by atoms with Gasteiger partial charge in [-0.3, -0.25) is 30.3 Å².